The van der Waals surface area contributed by atoms with Gasteiger partial charge in [-0.1, -0.05) is 109 Å². The largest absolute Gasteiger partial charge is 0.396 e. The van der Waals surface area contributed by atoms with Gasteiger partial charge in [-0.05, 0) is 96.8 Å². The number of aliphatic hydroxyl groups is 1. The van der Waals surface area contributed by atoms with Crippen LogP contribution in [0.25, 0.3) is 0 Å². The summed E-state index contributed by atoms with van der Waals surface area (Å²) in [6, 6.07) is -3.00. The molecule has 0 spiro atoms. The van der Waals surface area contributed by atoms with Gasteiger partial charge in [-0.3, -0.25) is 33.6 Å². The molecule has 17 heteroatoms. The average molecular weight is 955 g/mol. The first-order valence-corrected chi connectivity index (χ1v) is 26.6. The number of nitrogens with two attached hydrogens (primary N) is 6. The number of rotatable bonds is 47. The maximum Gasteiger partial charge on any atom is 0.226 e. The highest BCUT2D eigenvalue weighted by Crippen LogP contribution is 2.21. The van der Waals surface area contributed by atoms with Crippen molar-refractivity contribution in [3.8, 4) is 0 Å². The van der Waals surface area contributed by atoms with Crippen LogP contribution in [0.15, 0.2) is 0 Å². The summed E-state index contributed by atoms with van der Waals surface area (Å²) in [4.78, 5) is 93.1. The number of ketones is 3. The second-order valence-corrected chi connectivity index (χ2v) is 19.3. The molecule has 0 saturated carbocycles. The molecule has 0 aromatic heterocycles. The predicted octanol–water partition coefficient (Wildman–Crippen LogP) is 4.74. The predicted molar refractivity (Wildman–Crippen MR) is 267 cm³/mol. The van der Waals surface area contributed by atoms with Crippen LogP contribution in [0.4, 0.5) is 0 Å². The fraction of sp³-hybridized carbons (Fsp3) is 0.857. The number of unbranched alkanes of at least 4 members (excludes halogenated alkanes) is 16. The van der Waals surface area contributed by atoms with Gasteiger partial charge in [-0.25, -0.2) is 0 Å². The number of aliphatic hydroxyl groups excluding tert-OH is 1. The number of amides is 3. The Morgan fingerprint density at radius 3 is 1.29 bits per heavy atom. The fourth-order valence-corrected chi connectivity index (χ4v) is 8.81. The van der Waals surface area contributed by atoms with E-state index in [-0.39, 0.29) is 55.2 Å². The molecule has 0 aliphatic heterocycles. The third-order valence-electron chi connectivity index (χ3n) is 12.3. The number of carbonyl (C=O) groups excluding carboxylic acids is 7. The van der Waals surface area contributed by atoms with Crippen LogP contribution in [0.5, 0.6) is 0 Å². The maximum absolute atomic E-state index is 14.0. The highest BCUT2D eigenvalue weighted by atomic mass is 32.2. The SMILES string of the molecule is CCCCCCCCCCCCCCCC(=O)SC[C@H](N)C(=O)C[C@@H](CO)C(=O)N[C@@H](CCCCN)C(=O)C[C@@H](CCCCN)C(=O)N[C@@H](CCCCN)C(=O)C[C@@H](CCCCN)C(N)=O. The van der Waals surface area contributed by atoms with Crippen LogP contribution >= 0.6 is 11.8 Å². The maximum atomic E-state index is 14.0. The van der Waals surface area contributed by atoms with Crippen molar-refractivity contribution in [1.82, 2.24) is 10.6 Å². The van der Waals surface area contributed by atoms with Crippen LogP contribution < -0.4 is 45.0 Å². The number of nitrogens with one attached hydrogen (secondary N) is 2. The molecule has 6 atom stereocenters. The van der Waals surface area contributed by atoms with E-state index in [0.29, 0.717) is 90.4 Å². The molecular weight excluding hydrogens is 861 g/mol. The van der Waals surface area contributed by atoms with Crippen molar-refractivity contribution in [1.29, 1.82) is 0 Å². The van der Waals surface area contributed by atoms with Crippen molar-refractivity contribution in [2.24, 2.45) is 52.2 Å². The molecule has 15 N–H and O–H groups in total. The number of primary amides is 1. The minimum Gasteiger partial charge on any atom is -0.396 e. The molecule has 0 saturated heterocycles. The number of carbonyl (C=O) groups is 7. The van der Waals surface area contributed by atoms with Gasteiger partial charge in [0.1, 0.15) is 0 Å². The van der Waals surface area contributed by atoms with Crippen LogP contribution in [-0.2, 0) is 33.6 Å². The average Bonchev–Trinajstić information content (AvgIpc) is 3.29. The molecule has 0 aromatic carbocycles. The van der Waals surface area contributed by atoms with Crippen molar-refractivity contribution >= 4 is 51.9 Å². The zero-order valence-corrected chi connectivity index (χ0v) is 41.7. The Bertz CT molecular complexity index is 1340. The van der Waals surface area contributed by atoms with E-state index < -0.39 is 71.8 Å². The van der Waals surface area contributed by atoms with Crippen LogP contribution in [0.3, 0.4) is 0 Å². The van der Waals surface area contributed by atoms with Crippen LogP contribution in [0.2, 0.25) is 0 Å². The zero-order chi connectivity index (χ0) is 49.4. The Morgan fingerprint density at radius 1 is 0.485 bits per heavy atom. The molecule has 0 heterocycles. The van der Waals surface area contributed by atoms with E-state index in [9.17, 15) is 38.7 Å². The Labute approximate surface area is 401 Å². The van der Waals surface area contributed by atoms with Gasteiger partial charge >= 0.3 is 0 Å². The van der Waals surface area contributed by atoms with E-state index >= 15 is 0 Å². The van der Waals surface area contributed by atoms with E-state index in [1.165, 1.54) is 64.2 Å². The van der Waals surface area contributed by atoms with Gasteiger partial charge in [-0.2, -0.15) is 0 Å². The third-order valence-corrected chi connectivity index (χ3v) is 13.4. The molecule has 16 nitrogen and oxygen atoms in total. The summed E-state index contributed by atoms with van der Waals surface area (Å²) in [5, 5.41) is 15.8. The first-order chi connectivity index (χ1) is 31.8. The number of thioether (sulfide) groups is 1. The topological polar surface area (TPSA) is 320 Å². The lowest BCUT2D eigenvalue weighted by atomic mass is 9.89. The minimum atomic E-state index is -1.19. The molecule has 0 rings (SSSR count). The molecule has 66 heavy (non-hydrogen) atoms. The molecule has 0 aliphatic rings. The Kier molecular flexibility index (Phi) is 40.5. The molecular formula is C49H94N8O8S. The lowest BCUT2D eigenvalue weighted by molar-refractivity contribution is -0.136. The monoisotopic (exact) mass is 955 g/mol. The first-order valence-electron chi connectivity index (χ1n) is 25.6. The van der Waals surface area contributed by atoms with Gasteiger partial charge in [0, 0.05) is 43.3 Å². The van der Waals surface area contributed by atoms with E-state index in [4.69, 9.17) is 34.4 Å². The van der Waals surface area contributed by atoms with Crippen molar-refractivity contribution < 1.29 is 38.7 Å². The Hall–Kier alpha value is -2.80. The van der Waals surface area contributed by atoms with Gasteiger partial charge in [0.25, 0.3) is 0 Å². The van der Waals surface area contributed by atoms with E-state index in [0.717, 1.165) is 31.0 Å². The van der Waals surface area contributed by atoms with Crippen LogP contribution in [0.1, 0.15) is 193 Å². The number of Topliss-reactive ketones (excluding diaryl/α,β-unsaturated/α-hetero) is 3. The third kappa shape index (κ3) is 32.0. The highest BCUT2D eigenvalue weighted by Gasteiger charge is 2.33. The Morgan fingerprint density at radius 2 is 0.864 bits per heavy atom. The van der Waals surface area contributed by atoms with Crippen LogP contribution in [-0.4, -0.2) is 102 Å². The lowest BCUT2D eigenvalue weighted by Gasteiger charge is -2.25. The smallest absolute Gasteiger partial charge is 0.226 e. The molecule has 3 amide bonds. The minimum absolute atomic E-state index is 0.0360. The summed E-state index contributed by atoms with van der Waals surface area (Å²) < 4.78 is 0. The fourth-order valence-electron chi connectivity index (χ4n) is 7.97. The molecule has 0 unspecified atom stereocenters. The summed E-state index contributed by atoms with van der Waals surface area (Å²) in [5.41, 5.74) is 34.6. The standard InChI is InChI=1S/C49H94N8O8S/c1-2-3-4-5-6-7-8-9-10-11-12-13-14-27-46(62)66-36-40(54)43(59)34-39(35-58)49(65)57-42(26-18-22-31-53)45(61)33-38(24-16-20-29-51)48(64)56-41(25-17-21-30-52)44(60)32-37(47(55)63)23-15-19-28-50/h37-42,58H,2-36,50-54H2,1H3,(H2,55,63)(H,56,64)(H,57,65)/t37-,38-,39+,40+,41+,42+/m1/s1. The van der Waals surface area contributed by atoms with Gasteiger partial charge in [-0.15, -0.1) is 0 Å². The van der Waals surface area contributed by atoms with Crippen molar-refractivity contribution in [3.63, 3.8) is 0 Å². The van der Waals surface area contributed by atoms with E-state index in [1.807, 2.05) is 0 Å². The van der Waals surface area contributed by atoms with Gasteiger partial charge in [0.15, 0.2) is 22.5 Å². The van der Waals surface area contributed by atoms with Crippen molar-refractivity contribution in [2.45, 2.75) is 211 Å². The zero-order valence-electron chi connectivity index (χ0n) is 40.9. The molecule has 384 valence electrons. The summed E-state index contributed by atoms with van der Waals surface area (Å²) >= 11 is 1.01. The molecule has 0 radical (unpaired) electrons. The summed E-state index contributed by atoms with van der Waals surface area (Å²) in [5.74, 6) is -5.77. The first kappa shape index (κ1) is 63.2. The highest BCUT2D eigenvalue weighted by molar-refractivity contribution is 8.13. The molecule has 0 aliphatic carbocycles. The lowest BCUT2D eigenvalue weighted by Crippen LogP contribution is -2.48. The summed E-state index contributed by atoms with van der Waals surface area (Å²) in [7, 11) is 0. The molecule has 0 aromatic rings. The van der Waals surface area contributed by atoms with E-state index in [2.05, 4.69) is 17.6 Å². The van der Waals surface area contributed by atoms with E-state index in [1.54, 1.807) is 0 Å². The van der Waals surface area contributed by atoms with Crippen molar-refractivity contribution in [3.05, 3.63) is 0 Å². The van der Waals surface area contributed by atoms with Crippen molar-refractivity contribution in [2.75, 3.05) is 38.5 Å². The number of hydrogen-bond acceptors (Lipinski definition) is 14. The Balaban J connectivity index is 5.49. The summed E-state index contributed by atoms with van der Waals surface area (Å²) in [6.07, 6.45) is 21.2. The number of hydrogen-bond donors (Lipinski definition) is 9. The van der Waals surface area contributed by atoms with Crippen LogP contribution in [0, 0.1) is 17.8 Å². The second kappa shape index (κ2) is 42.3. The summed E-state index contributed by atoms with van der Waals surface area (Å²) in [6.45, 7) is 3.12. The molecule has 0 fully saturated rings. The normalized spacial score (nSPS) is 14.2. The van der Waals surface area contributed by atoms with Gasteiger partial charge in [0.05, 0.1) is 30.7 Å². The second-order valence-electron chi connectivity index (χ2n) is 18.2. The van der Waals surface area contributed by atoms with Gasteiger partial charge < -0.3 is 50.1 Å². The quantitative estimate of drug-likeness (QED) is 0.0372. The molecule has 0 bridgehead atoms. The van der Waals surface area contributed by atoms with Gasteiger partial charge in [0.2, 0.25) is 17.7 Å².